The van der Waals surface area contributed by atoms with Crippen molar-refractivity contribution in [2.45, 2.75) is 32.7 Å². The molecule has 1 aromatic rings. The van der Waals surface area contributed by atoms with Crippen LogP contribution in [0.25, 0.3) is 0 Å². The van der Waals surface area contributed by atoms with Crippen LogP contribution in [0.5, 0.6) is 5.75 Å². The van der Waals surface area contributed by atoms with E-state index in [-0.39, 0.29) is 0 Å². The van der Waals surface area contributed by atoms with Gasteiger partial charge in [-0.3, -0.25) is 4.90 Å². The van der Waals surface area contributed by atoms with Gasteiger partial charge in [0.2, 0.25) is 0 Å². The minimum atomic E-state index is 0.363. The van der Waals surface area contributed by atoms with Crippen molar-refractivity contribution in [2.75, 3.05) is 26.2 Å². The van der Waals surface area contributed by atoms with Crippen molar-refractivity contribution < 1.29 is 5.11 Å². The van der Waals surface area contributed by atoms with E-state index in [4.69, 9.17) is 0 Å². The number of phenols is 1. The molecule has 3 nitrogen and oxygen atoms in total. The Labute approximate surface area is 116 Å². The second-order valence-electron chi connectivity index (χ2n) is 5.55. The number of nitrogens with one attached hydrogen (secondary N) is 1. The molecule has 2 rings (SSSR count). The van der Waals surface area contributed by atoms with Crippen LogP contribution in [0.15, 0.2) is 24.3 Å². The van der Waals surface area contributed by atoms with Crippen LogP contribution in [0.2, 0.25) is 0 Å². The Morgan fingerprint density at radius 1 is 1.37 bits per heavy atom. The van der Waals surface area contributed by atoms with Crippen molar-refractivity contribution in [3.63, 3.8) is 0 Å². The zero-order valence-electron chi connectivity index (χ0n) is 12.1. The molecule has 19 heavy (non-hydrogen) atoms. The average molecular weight is 262 g/mol. The summed E-state index contributed by atoms with van der Waals surface area (Å²) in [7, 11) is 0. The summed E-state index contributed by atoms with van der Waals surface area (Å²) in [5, 5.41) is 13.0. The molecule has 1 aliphatic rings. The third kappa shape index (κ3) is 3.95. The SMILES string of the molecule is CCN(CC1CCNCC1)C(C)c1cccc(O)c1. The number of benzene rings is 1. The molecule has 1 atom stereocenters. The van der Waals surface area contributed by atoms with Crippen LogP contribution in [-0.2, 0) is 0 Å². The predicted molar refractivity (Wildman–Crippen MR) is 79.4 cm³/mol. The molecule has 1 unspecified atom stereocenters. The van der Waals surface area contributed by atoms with E-state index in [1.165, 1.54) is 18.4 Å². The minimum Gasteiger partial charge on any atom is -0.508 e. The van der Waals surface area contributed by atoms with Gasteiger partial charge >= 0.3 is 0 Å². The van der Waals surface area contributed by atoms with Gasteiger partial charge in [0.05, 0.1) is 0 Å². The summed E-state index contributed by atoms with van der Waals surface area (Å²) in [6.07, 6.45) is 2.56. The third-order valence-electron chi connectivity index (χ3n) is 4.26. The van der Waals surface area contributed by atoms with Crippen LogP contribution in [0.3, 0.4) is 0 Å². The molecule has 0 aromatic heterocycles. The summed E-state index contributed by atoms with van der Waals surface area (Å²) in [5.41, 5.74) is 1.20. The Bertz CT molecular complexity index is 388. The van der Waals surface area contributed by atoms with Crippen LogP contribution >= 0.6 is 0 Å². The van der Waals surface area contributed by atoms with Crippen LogP contribution in [0, 0.1) is 5.92 Å². The summed E-state index contributed by atoms with van der Waals surface area (Å²) in [5.74, 6) is 1.17. The molecule has 106 valence electrons. The third-order valence-corrected chi connectivity index (χ3v) is 4.26. The lowest BCUT2D eigenvalue weighted by Gasteiger charge is -2.33. The van der Waals surface area contributed by atoms with Gasteiger partial charge in [0.1, 0.15) is 5.75 Å². The first kappa shape index (κ1) is 14.4. The first-order chi connectivity index (χ1) is 9.20. The van der Waals surface area contributed by atoms with Crippen molar-refractivity contribution >= 4 is 0 Å². The van der Waals surface area contributed by atoms with Crippen molar-refractivity contribution in [1.82, 2.24) is 10.2 Å². The highest BCUT2D eigenvalue weighted by Gasteiger charge is 2.20. The second-order valence-corrected chi connectivity index (χ2v) is 5.55. The molecule has 3 heteroatoms. The van der Waals surface area contributed by atoms with Crippen molar-refractivity contribution in [2.24, 2.45) is 5.92 Å². The fourth-order valence-electron chi connectivity index (χ4n) is 2.95. The van der Waals surface area contributed by atoms with Crippen LogP contribution in [0.4, 0.5) is 0 Å². The Morgan fingerprint density at radius 2 is 2.11 bits per heavy atom. The molecule has 0 aliphatic carbocycles. The number of hydrogen-bond donors (Lipinski definition) is 2. The first-order valence-electron chi connectivity index (χ1n) is 7.44. The largest absolute Gasteiger partial charge is 0.508 e. The van der Waals surface area contributed by atoms with E-state index in [1.54, 1.807) is 6.07 Å². The maximum Gasteiger partial charge on any atom is 0.115 e. The Kier molecular flexibility index (Phi) is 5.23. The Morgan fingerprint density at radius 3 is 2.74 bits per heavy atom. The number of phenolic OH excluding ortho intramolecular Hbond substituents is 1. The van der Waals surface area contributed by atoms with E-state index in [9.17, 15) is 5.11 Å². The highest BCUT2D eigenvalue weighted by molar-refractivity contribution is 5.29. The second kappa shape index (κ2) is 6.92. The molecule has 2 N–H and O–H groups in total. The zero-order valence-corrected chi connectivity index (χ0v) is 12.1. The van der Waals surface area contributed by atoms with Gasteiger partial charge in [-0.05, 0) is 63.0 Å². The number of rotatable bonds is 5. The quantitative estimate of drug-likeness (QED) is 0.856. The molecule has 0 radical (unpaired) electrons. The maximum atomic E-state index is 9.61. The van der Waals surface area contributed by atoms with Gasteiger partial charge < -0.3 is 10.4 Å². The lowest BCUT2D eigenvalue weighted by Crippen LogP contribution is -2.37. The van der Waals surface area contributed by atoms with Gasteiger partial charge in [0.15, 0.2) is 0 Å². The van der Waals surface area contributed by atoms with Crippen molar-refractivity contribution in [3.8, 4) is 5.75 Å². The van der Waals surface area contributed by atoms with E-state index < -0.39 is 0 Å². The predicted octanol–water partition coefficient (Wildman–Crippen LogP) is 2.77. The summed E-state index contributed by atoms with van der Waals surface area (Å²) in [4.78, 5) is 2.52. The number of piperidine rings is 1. The first-order valence-corrected chi connectivity index (χ1v) is 7.44. The average Bonchev–Trinajstić information content (AvgIpc) is 2.45. The van der Waals surface area contributed by atoms with Crippen LogP contribution < -0.4 is 5.32 Å². The fourth-order valence-corrected chi connectivity index (χ4v) is 2.95. The van der Waals surface area contributed by atoms with Gasteiger partial charge in [0.25, 0.3) is 0 Å². The number of nitrogens with zero attached hydrogens (tertiary/aromatic N) is 1. The standard InChI is InChI=1S/C16H26N2O/c1-3-18(12-14-7-9-17-10-8-14)13(2)15-5-4-6-16(19)11-15/h4-6,11,13-14,17,19H,3,7-10,12H2,1-2H3. The molecular formula is C16H26N2O. The van der Waals surface area contributed by atoms with E-state index >= 15 is 0 Å². The molecule has 1 fully saturated rings. The summed E-state index contributed by atoms with van der Waals surface area (Å²) < 4.78 is 0. The number of aromatic hydroxyl groups is 1. The summed E-state index contributed by atoms with van der Waals surface area (Å²) in [6.45, 7) is 8.99. The number of hydrogen-bond acceptors (Lipinski definition) is 3. The molecule has 0 spiro atoms. The fraction of sp³-hybridized carbons (Fsp3) is 0.625. The van der Waals surface area contributed by atoms with E-state index in [1.807, 2.05) is 12.1 Å². The topological polar surface area (TPSA) is 35.5 Å². The van der Waals surface area contributed by atoms with Crippen LogP contribution in [-0.4, -0.2) is 36.2 Å². The monoisotopic (exact) mass is 262 g/mol. The molecule has 0 amide bonds. The maximum absolute atomic E-state index is 9.61. The summed E-state index contributed by atoms with van der Waals surface area (Å²) >= 11 is 0. The van der Waals surface area contributed by atoms with Gasteiger partial charge in [-0.1, -0.05) is 19.1 Å². The van der Waals surface area contributed by atoms with Gasteiger partial charge in [-0.2, -0.15) is 0 Å². The molecule has 0 bridgehead atoms. The molecule has 0 saturated carbocycles. The smallest absolute Gasteiger partial charge is 0.115 e. The normalized spacial score (nSPS) is 18.7. The molecule has 1 heterocycles. The van der Waals surface area contributed by atoms with Crippen molar-refractivity contribution in [3.05, 3.63) is 29.8 Å². The Hall–Kier alpha value is -1.06. The van der Waals surface area contributed by atoms with Crippen molar-refractivity contribution in [1.29, 1.82) is 0 Å². The molecule has 1 saturated heterocycles. The van der Waals surface area contributed by atoms with Crippen LogP contribution in [0.1, 0.15) is 38.3 Å². The van der Waals surface area contributed by atoms with E-state index in [0.29, 0.717) is 11.8 Å². The van der Waals surface area contributed by atoms with Gasteiger partial charge in [-0.25, -0.2) is 0 Å². The lowest BCUT2D eigenvalue weighted by atomic mass is 9.96. The van der Waals surface area contributed by atoms with E-state index in [0.717, 1.165) is 32.1 Å². The lowest BCUT2D eigenvalue weighted by molar-refractivity contribution is 0.168. The van der Waals surface area contributed by atoms with Gasteiger partial charge in [0, 0.05) is 12.6 Å². The Balaban J connectivity index is 1.99. The highest BCUT2D eigenvalue weighted by atomic mass is 16.3. The van der Waals surface area contributed by atoms with Gasteiger partial charge in [-0.15, -0.1) is 0 Å². The molecule has 1 aromatic carbocycles. The minimum absolute atomic E-state index is 0.363. The van der Waals surface area contributed by atoms with E-state index in [2.05, 4.69) is 30.1 Å². The summed E-state index contributed by atoms with van der Waals surface area (Å²) in [6, 6.07) is 8.02. The highest BCUT2D eigenvalue weighted by Crippen LogP contribution is 2.25. The molecular weight excluding hydrogens is 236 g/mol. The zero-order chi connectivity index (χ0) is 13.7. The molecule has 1 aliphatic heterocycles.